The van der Waals surface area contributed by atoms with Crippen molar-refractivity contribution in [3.8, 4) is 16.9 Å². The Labute approximate surface area is 156 Å². The molecular formula is C21H22N2O4. The molecule has 140 valence electrons. The van der Waals surface area contributed by atoms with Crippen LogP contribution in [0.2, 0.25) is 0 Å². The summed E-state index contributed by atoms with van der Waals surface area (Å²) in [5.41, 5.74) is 7.65. The van der Waals surface area contributed by atoms with E-state index in [4.69, 9.17) is 10.2 Å². The molecule has 0 radical (unpaired) electrons. The molecule has 2 aromatic carbocycles. The summed E-state index contributed by atoms with van der Waals surface area (Å²) < 4.78 is 5.42. The Morgan fingerprint density at radius 1 is 1.22 bits per heavy atom. The summed E-state index contributed by atoms with van der Waals surface area (Å²) in [7, 11) is 0. The summed E-state index contributed by atoms with van der Waals surface area (Å²) >= 11 is 0. The molecule has 0 unspecified atom stereocenters. The second-order valence-electron chi connectivity index (χ2n) is 6.31. The van der Waals surface area contributed by atoms with Gasteiger partial charge in [-0.25, -0.2) is 4.79 Å². The minimum absolute atomic E-state index is 0.0451. The fourth-order valence-electron chi connectivity index (χ4n) is 3.10. The van der Waals surface area contributed by atoms with Gasteiger partial charge in [0.25, 0.3) is 0 Å². The quantitative estimate of drug-likeness (QED) is 0.580. The second-order valence-corrected chi connectivity index (χ2v) is 6.31. The molecule has 3 rings (SSSR count). The van der Waals surface area contributed by atoms with Crippen LogP contribution >= 0.6 is 0 Å². The van der Waals surface area contributed by atoms with E-state index in [0.717, 1.165) is 11.1 Å². The Kier molecular flexibility index (Phi) is 5.57. The van der Waals surface area contributed by atoms with Crippen LogP contribution in [0.5, 0.6) is 5.75 Å². The van der Waals surface area contributed by atoms with Crippen molar-refractivity contribution in [3.63, 3.8) is 0 Å². The number of carbonyl (C=O) groups is 1. The molecule has 0 spiro atoms. The zero-order valence-electron chi connectivity index (χ0n) is 15.1. The summed E-state index contributed by atoms with van der Waals surface area (Å²) in [5.74, 6) is -0.206. The van der Waals surface area contributed by atoms with Crippen molar-refractivity contribution in [3.05, 3.63) is 58.4 Å². The summed E-state index contributed by atoms with van der Waals surface area (Å²) in [5, 5.41) is 14.0. The van der Waals surface area contributed by atoms with Gasteiger partial charge in [-0.2, -0.15) is 0 Å². The van der Waals surface area contributed by atoms with Gasteiger partial charge in [-0.05, 0) is 35.7 Å². The van der Waals surface area contributed by atoms with Crippen molar-refractivity contribution < 1.29 is 14.3 Å². The molecule has 0 bridgehead atoms. The standard InChI is InChI=1S/C21H22N2O4/c1-2-5-16-20(25)19-15(8-4-9-17(19)27-21(16)26)13-6-3-7-14(12-13)23-18(24)10-11-22/h3-4,6-9,12,25H,2,5,10-11,22H2,1H3,(H,23,24). The van der Waals surface area contributed by atoms with Crippen molar-refractivity contribution in [1.29, 1.82) is 0 Å². The molecule has 27 heavy (non-hydrogen) atoms. The van der Waals surface area contributed by atoms with E-state index in [1.54, 1.807) is 18.2 Å². The summed E-state index contributed by atoms with van der Waals surface area (Å²) in [6, 6.07) is 12.5. The zero-order chi connectivity index (χ0) is 19.4. The Morgan fingerprint density at radius 2 is 2.00 bits per heavy atom. The molecule has 6 heteroatoms. The Balaban J connectivity index is 2.13. The van der Waals surface area contributed by atoms with Gasteiger partial charge in [0.05, 0.1) is 10.9 Å². The van der Waals surface area contributed by atoms with Gasteiger partial charge in [0.15, 0.2) is 0 Å². The number of aromatic hydroxyl groups is 1. The molecule has 0 fully saturated rings. The lowest BCUT2D eigenvalue weighted by Gasteiger charge is -2.12. The molecule has 0 saturated heterocycles. The third kappa shape index (κ3) is 3.85. The normalized spacial score (nSPS) is 10.9. The highest BCUT2D eigenvalue weighted by atomic mass is 16.4. The van der Waals surface area contributed by atoms with Gasteiger partial charge in [0.2, 0.25) is 5.91 Å². The number of anilines is 1. The predicted octanol–water partition coefficient (Wildman–Crippen LogP) is 3.41. The van der Waals surface area contributed by atoms with E-state index in [0.29, 0.717) is 29.5 Å². The van der Waals surface area contributed by atoms with Gasteiger partial charge in [-0.1, -0.05) is 37.6 Å². The fourth-order valence-corrected chi connectivity index (χ4v) is 3.10. The van der Waals surface area contributed by atoms with Crippen LogP contribution < -0.4 is 16.7 Å². The summed E-state index contributed by atoms with van der Waals surface area (Å²) in [4.78, 5) is 23.9. The maximum atomic E-state index is 12.1. The second kappa shape index (κ2) is 8.05. The Morgan fingerprint density at radius 3 is 2.74 bits per heavy atom. The maximum absolute atomic E-state index is 12.1. The Hall–Kier alpha value is -3.12. The van der Waals surface area contributed by atoms with E-state index in [1.165, 1.54) is 0 Å². The highest BCUT2D eigenvalue weighted by Crippen LogP contribution is 2.36. The third-order valence-electron chi connectivity index (χ3n) is 4.33. The lowest BCUT2D eigenvalue weighted by Crippen LogP contribution is -2.16. The van der Waals surface area contributed by atoms with Crippen LogP contribution in [0, 0.1) is 0 Å². The molecule has 1 amide bonds. The first kappa shape index (κ1) is 18.7. The smallest absolute Gasteiger partial charge is 0.343 e. The number of hydrogen-bond acceptors (Lipinski definition) is 5. The number of nitrogens with one attached hydrogen (secondary N) is 1. The molecule has 0 aliphatic heterocycles. The third-order valence-corrected chi connectivity index (χ3v) is 4.33. The van der Waals surface area contributed by atoms with Crippen LogP contribution in [0.25, 0.3) is 22.1 Å². The van der Waals surface area contributed by atoms with E-state index in [2.05, 4.69) is 5.32 Å². The molecule has 0 saturated carbocycles. The van der Waals surface area contributed by atoms with E-state index < -0.39 is 5.63 Å². The van der Waals surface area contributed by atoms with E-state index in [1.807, 2.05) is 31.2 Å². The number of amides is 1. The predicted molar refractivity (Wildman–Crippen MR) is 106 cm³/mol. The van der Waals surface area contributed by atoms with Crippen LogP contribution in [-0.2, 0) is 11.2 Å². The van der Waals surface area contributed by atoms with Gasteiger partial charge in [-0.3, -0.25) is 4.79 Å². The number of carbonyl (C=O) groups excluding carboxylic acids is 1. The van der Waals surface area contributed by atoms with Crippen molar-refractivity contribution >= 4 is 22.6 Å². The average molecular weight is 366 g/mol. The minimum atomic E-state index is -0.512. The topological polar surface area (TPSA) is 106 Å². The molecule has 4 N–H and O–H groups in total. The SMILES string of the molecule is CCCc1c(O)c2c(-c3cccc(NC(=O)CCN)c3)cccc2oc1=O. The molecule has 0 atom stereocenters. The van der Waals surface area contributed by atoms with Gasteiger partial charge < -0.3 is 20.6 Å². The molecule has 1 aromatic heterocycles. The molecule has 0 aliphatic rings. The van der Waals surface area contributed by atoms with Crippen molar-refractivity contribution in [1.82, 2.24) is 0 Å². The van der Waals surface area contributed by atoms with Crippen molar-refractivity contribution in [2.24, 2.45) is 5.73 Å². The average Bonchev–Trinajstić information content (AvgIpc) is 2.65. The van der Waals surface area contributed by atoms with E-state index in [9.17, 15) is 14.7 Å². The lowest BCUT2D eigenvalue weighted by molar-refractivity contribution is -0.116. The fraction of sp³-hybridized carbons (Fsp3) is 0.238. The number of benzene rings is 2. The Bertz CT molecular complexity index is 1040. The number of fused-ring (bicyclic) bond motifs is 1. The van der Waals surface area contributed by atoms with Crippen LogP contribution in [0.15, 0.2) is 51.7 Å². The van der Waals surface area contributed by atoms with Gasteiger partial charge in [0, 0.05) is 18.7 Å². The van der Waals surface area contributed by atoms with Gasteiger partial charge in [-0.15, -0.1) is 0 Å². The highest BCUT2D eigenvalue weighted by molar-refractivity contribution is 5.99. The molecule has 6 nitrogen and oxygen atoms in total. The van der Waals surface area contributed by atoms with Gasteiger partial charge >= 0.3 is 5.63 Å². The first-order chi connectivity index (χ1) is 13.0. The molecule has 0 aliphatic carbocycles. The van der Waals surface area contributed by atoms with E-state index in [-0.39, 0.29) is 30.2 Å². The zero-order valence-corrected chi connectivity index (χ0v) is 15.1. The van der Waals surface area contributed by atoms with Crippen LogP contribution in [0.1, 0.15) is 25.3 Å². The van der Waals surface area contributed by atoms with Crippen molar-refractivity contribution in [2.75, 3.05) is 11.9 Å². The van der Waals surface area contributed by atoms with Crippen LogP contribution in [0.3, 0.4) is 0 Å². The van der Waals surface area contributed by atoms with Crippen molar-refractivity contribution in [2.45, 2.75) is 26.2 Å². The largest absolute Gasteiger partial charge is 0.507 e. The maximum Gasteiger partial charge on any atom is 0.343 e. The first-order valence-electron chi connectivity index (χ1n) is 8.93. The summed E-state index contributed by atoms with van der Waals surface area (Å²) in [6.45, 7) is 2.21. The number of hydrogen-bond donors (Lipinski definition) is 3. The van der Waals surface area contributed by atoms with Crippen LogP contribution in [-0.4, -0.2) is 17.6 Å². The number of nitrogens with two attached hydrogens (primary N) is 1. The lowest BCUT2D eigenvalue weighted by atomic mass is 9.98. The molecule has 1 heterocycles. The van der Waals surface area contributed by atoms with Gasteiger partial charge in [0.1, 0.15) is 11.3 Å². The van der Waals surface area contributed by atoms with Crippen LogP contribution in [0.4, 0.5) is 5.69 Å². The van der Waals surface area contributed by atoms with E-state index >= 15 is 0 Å². The molecular weight excluding hydrogens is 344 g/mol. The first-order valence-corrected chi connectivity index (χ1v) is 8.93. The number of rotatable bonds is 6. The summed E-state index contributed by atoms with van der Waals surface area (Å²) in [6.07, 6.45) is 1.40. The monoisotopic (exact) mass is 366 g/mol. The minimum Gasteiger partial charge on any atom is -0.507 e. The molecule has 3 aromatic rings. The highest BCUT2D eigenvalue weighted by Gasteiger charge is 2.17.